The molecule has 5 nitrogen and oxygen atoms in total. The fourth-order valence-corrected chi connectivity index (χ4v) is 2.50. The van der Waals surface area contributed by atoms with E-state index in [0.29, 0.717) is 23.2 Å². The van der Waals surface area contributed by atoms with E-state index in [1.165, 1.54) is 24.2 Å². The van der Waals surface area contributed by atoms with Crippen LogP contribution in [-0.4, -0.2) is 30.2 Å². The van der Waals surface area contributed by atoms with Gasteiger partial charge in [-0.3, -0.25) is 9.69 Å². The van der Waals surface area contributed by atoms with Crippen molar-refractivity contribution in [3.05, 3.63) is 29.3 Å². The number of hydrogen-bond acceptors (Lipinski definition) is 2. The third kappa shape index (κ3) is 4.63. The Labute approximate surface area is 128 Å². The van der Waals surface area contributed by atoms with E-state index in [0.717, 1.165) is 6.42 Å². The number of carbonyl (C=O) groups is 2. The zero-order chi connectivity index (χ0) is 15.2. The Morgan fingerprint density at radius 3 is 2.71 bits per heavy atom. The second kappa shape index (κ2) is 7.31. The Morgan fingerprint density at radius 1 is 1.38 bits per heavy atom. The molecule has 0 heterocycles. The smallest absolute Gasteiger partial charge is 0.323 e. The lowest BCUT2D eigenvalue weighted by Gasteiger charge is -2.26. The molecule has 2 rings (SSSR count). The van der Waals surface area contributed by atoms with Crippen molar-refractivity contribution in [2.75, 3.05) is 18.0 Å². The molecule has 2 amide bonds. The Hall–Kier alpha value is -1.75. The van der Waals surface area contributed by atoms with Gasteiger partial charge in [0.15, 0.2) is 0 Å². The number of carboxylic acid groups (broad SMARTS) is 1. The van der Waals surface area contributed by atoms with Crippen LogP contribution in [0.1, 0.15) is 25.7 Å². The van der Waals surface area contributed by atoms with Crippen LogP contribution in [0.2, 0.25) is 5.02 Å². The van der Waals surface area contributed by atoms with E-state index in [1.807, 2.05) is 0 Å². The van der Waals surface area contributed by atoms with Crippen molar-refractivity contribution >= 4 is 29.3 Å². The van der Waals surface area contributed by atoms with Gasteiger partial charge in [-0.1, -0.05) is 36.9 Å². The Morgan fingerprint density at radius 2 is 2.14 bits per heavy atom. The highest BCUT2D eigenvalue weighted by atomic mass is 35.5. The number of carboxylic acids is 1. The minimum atomic E-state index is -1.07. The van der Waals surface area contributed by atoms with E-state index in [-0.39, 0.29) is 0 Å². The van der Waals surface area contributed by atoms with Gasteiger partial charge in [0.1, 0.15) is 6.54 Å². The lowest BCUT2D eigenvalue weighted by Crippen LogP contribution is -2.43. The van der Waals surface area contributed by atoms with Gasteiger partial charge >= 0.3 is 12.0 Å². The third-order valence-corrected chi connectivity index (χ3v) is 3.95. The average Bonchev–Trinajstić information content (AvgIpc) is 2.38. The zero-order valence-electron chi connectivity index (χ0n) is 11.7. The summed E-state index contributed by atoms with van der Waals surface area (Å²) in [6, 6.07) is 6.21. The summed E-state index contributed by atoms with van der Waals surface area (Å²) in [5, 5.41) is 12.2. The second-order valence-electron chi connectivity index (χ2n) is 5.28. The van der Waals surface area contributed by atoms with Crippen molar-refractivity contribution < 1.29 is 14.7 Å². The highest BCUT2D eigenvalue weighted by Crippen LogP contribution is 2.28. The van der Waals surface area contributed by atoms with Crippen molar-refractivity contribution in [1.82, 2.24) is 5.32 Å². The topological polar surface area (TPSA) is 69.6 Å². The third-order valence-electron chi connectivity index (χ3n) is 3.71. The summed E-state index contributed by atoms with van der Waals surface area (Å²) in [6.45, 7) is 0.176. The molecular formula is C15H19ClN2O3. The molecule has 1 aromatic rings. The van der Waals surface area contributed by atoms with Crippen LogP contribution in [0.3, 0.4) is 0 Å². The van der Waals surface area contributed by atoms with Gasteiger partial charge in [-0.25, -0.2) is 4.79 Å². The fourth-order valence-electron chi connectivity index (χ4n) is 2.32. The molecule has 114 valence electrons. The van der Waals surface area contributed by atoms with E-state index >= 15 is 0 Å². The van der Waals surface area contributed by atoms with E-state index in [4.69, 9.17) is 16.7 Å². The number of aliphatic carboxylic acids is 1. The van der Waals surface area contributed by atoms with Gasteiger partial charge in [0.25, 0.3) is 0 Å². The molecule has 0 saturated heterocycles. The standard InChI is InChI=1S/C15H19ClN2O3/c16-12-5-2-6-13(9-12)18(10-14(19)20)15(21)17-8-7-11-3-1-4-11/h2,5-6,9,11H,1,3-4,7-8,10H2,(H,17,21)(H,19,20). The van der Waals surface area contributed by atoms with Crippen LogP contribution in [-0.2, 0) is 4.79 Å². The quantitative estimate of drug-likeness (QED) is 0.848. The first kappa shape index (κ1) is 15.6. The molecule has 1 aliphatic rings. The van der Waals surface area contributed by atoms with Crippen molar-refractivity contribution in [2.24, 2.45) is 5.92 Å². The minimum absolute atomic E-state index is 0.393. The van der Waals surface area contributed by atoms with Gasteiger partial charge in [-0.15, -0.1) is 0 Å². The summed E-state index contributed by atoms with van der Waals surface area (Å²) < 4.78 is 0. The van der Waals surface area contributed by atoms with Gasteiger partial charge < -0.3 is 10.4 Å². The maximum absolute atomic E-state index is 12.2. The van der Waals surface area contributed by atoms with Crippen molar-refractivity contribution in [2.45, 2.75) is 25.7 Å². The summed E-state index contributed by atoms with van der Waals surface area (Å²) in [7, 11) is 0. The van der Waals surface area contributed by atoms with Crippen LogP contribution in [0.5, 0.6) is 0 Å². The zero-order valence-corrected chi connectivity index (χ0v) is 12.5. The first-order valence-electron chi connectivity index (χ1n) is 7.09. The molecule has 0 unspecified atom stereocenters. The molecule has 1 aliphatic carbocycles. The number of nitrogens with zero attached hydrogens (tertiary/aromatic N) is 1. The molecule has 1 saturated carbocycles. The number of benzene rings is 1. The predicted octanol–water partition coefficient (Wildman–Crippen LogP) is 3.13. The van der Waals surface area contributed by atoms with Gasteiger partial charge in [-0.05, 0) is 30.5 Å². The number of amides is 2. The molecule has 21 heavy (non-hydrogen) atoms. The summed E-state index contributed by atoms with van der Waals surface area (Å²) >= 11 is 5.90. The monoisotopic (exact) mass is 310 g/mol. The molecule has 1 fully saturated rings. The number of hydrogen-bond donors (Lipinski definition) is 2. The molecule has 0 spiro atoms. The fraction of sp³-hybridized carbons (Fsp3) is 0.467. The summed E-state index contributed by atoms with van der Waals surface area (Å²) in [5.74, 6) is -0.367. The first-order chi connectivity index (χ1) is 10.1. The molecule has 1 aromatic carbocycles. The maximum Gasteiger partial charge on any atom is 0.323 e. The second-order valence-corrected chi connectivity index (χ2v) is 5.71. The van der Waals surface area contributed by atoms with Crippen LogP contribution in [0.15, 0.2) is 24.3 Å². The lowest BCUT2D eigenvalue weighted by molar-refractivity contribution is -0.135. The largest absolute Gasteiger partial charge is 0.480 e. The predicted molar refractivity (Wildman–Crippen MR) is 81.8 cm³/mol. The Bertz CT molecular complexity index is 517. The molecule has 0 bridgehead atoms. The molecule has 0 atom stereocenters. The molecule has 0 radical (unpaired) electrons. The maximum atomic E-state index is 12.2. The van der Waals surface area contributed by atoms with Gasteiger partial charge in [0.2, 0.25) is 0 Å². The van der Waals surface area contributed by atoms with Crippen LogP contribution >= 0.6 is 11.6 Å². The van der Waals surface area contributed by atoms with E-state index < -0.39 is 18.5 Å². The average molecular weight is 311 g/mol. The normalized spacial score (nSPS) is 14.3. The van der Waals surface area contributed by atoms with Crippen LogP contribution in [0, 0.1) is 5.92 Å². The van der Waals surface area contributed by atoms with Crippen LogP contribution in [0.25, 0.3) is 0 Å². The minimum Gasteiger partial charge on any atom is -0.480 e. The summed E-state index contributed by atoms with van der Waals surface area (Å²) in [5.41, 5.74) is 0.478. The van der Waals surface area contributed by atoms with E-state index in [1.54, 1.807) is 24.3 Å². The number of nitrogens with one attached hydrogen (secondary N) is 1. The lowest BCUT2D eigenvalue weighted by atomic mass is 9.83. The van der Waals surface area contributed by atoms with E-state index in [2.05, 4.69) is 5.32 Å². The van der Waals surface area contributed by atoms with Crippen molar-refractivity contribution in [1.29, 1.82) is 0 Å². The number of halogens is 1. The Balaban J connectivity index is 1.97. The van der Waals surface area contributed by atoms with Crippen molar-refractivity contribution in [3.63, 3.8) is 0 Å². The molecule has 0 aromatic heterocycles. The highest BCUT2D eigenvalue weighted by Gasteiger charge is 2.20. The first-order valence-corrected chi connectivity index (χ1v) is 7.47. The summed E-state index contributed by atoms with van der Waals surface area (Å²) in [6.07, 6.45) is 4.67. The molecular weight excluding hydrogens is 292 g/mol. The van der Waals surface area contributed by atoms with E-state index in [9.17, 15) is 9.59 Å². The van der Waals surface area contributed by atoms with Crippen LogP contribution < -0.4 is 10.2 Å². The van der Waals surface area contributed by atoms with Crippen molar-refractivity contribution in [3.8, 4) is 0 Å². The number of rotatable bonds is 6. The number of urea groups is 1. The summed E-state index contributed by atoms with van der Waals surface area (Å²) in [4.78, 5) is 24.3. The van der Waals surface area contributed by atoms with Crippen LogP contribution in [0.4, 0.5) is 10.5 Å². The Kier molecular flexibility index (Phi) is 5.44. The highest BCUT2D eigenvalue weighted by molar-refractivity contribution is 6.30. The molecule has 6 heteroatoms. The molecule has 0 aliphatic heterocycles. The SMILES string of the molecule is O=C(O)CN(C(=O)NCCC1CCC1)c1cccc(Cl)c1. The number of anilines is 1. The molecule has 2 N–H and O–H groups in total. The van der Waals surface area contributed by atoms with Gasteiger partial charge in [0, 0.05) is 17.3 Å². The van der Waals surface area contributed by atoms with Gasteiger partial charge in [0.05, 0.1) is 0 Å². The number of carbonyl (C=O) groups excluding carboxylic acids is 1. The van der Waals surface area contributed by atoms with Gasteiger partial charge in [-0.2, -0.15) is 0 Å².